The van der Waals surface area contributed by atoms with Crippen LogP contribution in [0.3, 0.4) is 0 Å². The van der Waals surface area contributed by atoms with E-state index in [4.69, 9.17) is 4.74 Å². The first kappa shape index (κ1) is 7.13. The molecule has 0 bridgehead atoms. The zero-order valence-corrected chi connectivity index (χ0v) is 6.05. The normalized spacial score (nSPS) is 9.30. The van der Waals surface area contributed by atoms with E-state index in [9.17, 15) is 0 Å². The summed E-state index contributed by atoms with van der Waals surface area (Å²) < 4.78 is 5.28. The maximum atomic E-state index is 5.28. The second-order valence-corrected chi connectivity index (χ2v) is 2.00. The van der Waals surface area contributed by atoms with Gasteiger partial charge in [-0.3, -0.25) is 0 Å². The van der Waals surface area contributed by atoms with Gasteiger partial charge in [0.2, 0.25) is 0 Å². The summed E-state index contributed by atoms with van der Waals surface area (Å²) in [7, 11) is 0. The van der Waals surface area contributed by atoms with Crippen molar-refractivity contribution in [3.63, 3.8) is 0 Å². The molecule has 0 aliphatic rings. The van der Waals surface area contributed by atoms with Gasteiger partial charge in [0.15, 0.2) is 0 Å². The zero-order valence-electron chi connectivity index (χ0n) is 6.05. The first-order valence-electron chi connectivity index (χ1n) is 3.44. The third kappa shape index (κ3) is 2.09. The molecule has 1 heteroatoms. The fourth-order valence-corrected chi connectivity index (χ4v) is 0.635. The molecule has 1 aromatic rings. The van der Waals surface area contributed by atoms with Gasteiger partial charge in [0, 0.05) is 6.07 Å². The lowest BCUT2D eigenvalue weighted by Crippen LogP contribution is -1.93. The smallest absolute Gasteiger partial charge is 0.127 e. The molecule has 0 saturated carbocycles. The fraction of sp³-hybridized carbons (Fsp3) is 0.333. The zero-order chi connectivity index (χ0) is 7.23. The van der Waals surface area contributed by atoms with E-state index < -0.39 is 0 Å². The van der Waals surface area contributed by atoms with Crippen LogP contribution in [0, 0.1) is 12.1 Å². The quantitative estimate of drug-likeness (QED) is 0.615. The number of hydrogen-bond donors (Lipinski definition) is 0. The van der Waals surface area contributed by atoms with Crippen molar-refractivity contribution in [1.82, 2.24) is 0 Å². The largest absolute Gasteiger partial charge is 0.493 e. The lowest BCUT2D eigenvalue weighted by molar-refractivity contribution is 0.317. The summed E-state index contributed by atoms with van der Waals surface area (Å²) in [4.78, 5) is 0. The van der Waals surface area contributed by atoms with Crippen molar-refractivity contribution in [2.75, 3.05) is 6.61 Å². The molecule has 0 aliphatic carbocycles. The average Bonchev–Trinajstić information content (AvgIpc) is 2.03. The summed E-state index contributed by atoms with van der Waals surface area (Å²) in [5.41, 5.74) is 0. The van der Waals surface area contributed by atoms with E-state index in [1.165, 1.54) is 0 Å². The van der Waals surface area contributed by atoms with Gasteiger partial charge in [-0.25, -0.2) is 0 Å². The molecule has 0 atom stereocenters. The Morgan fingerprint density at radius 3 is 3.10 bits per heavy atom. The minimum atomic E-state index is 0.764. The van der Waals surface area contributed by atoms with Crippen LogP contribution in [-0.4, -0.2) is 6.61 Å². The van der Waals surface area contributed by atoms with Crippen molar-refractivity contribution in [3.8, 4) is 5.75 Å². The van der Waals surface area contributed by atoms with Crippen LogP contribution in [0.4, 0.5) is 0 Å². The van der Waals surface area contributed by atoms with Crippen LogP contribution in [0.25, 0.3) is 0 Å². The van der Waals surface area contributed by atoms with Crippen LogP contribution < -0.4 is 4.74 Å². The molecule has 0 aromatic heterocycles. The molecule has 1 rings (SSSR count). The van der Waals surface area contributed by atoms with E-state index in [1.54, 1.807) is 6.07 Å². The van der Waals surface area contributed by atoms with Gasteiger partial charge in [0.25, 0.3) is 0 Å². The summed E-state index contributed by atoms with van der Waals surface area (Å²) >= 11 is 0. The van der Waals surface area contributed by atoms with E-state index in [0.29, 0.717) is 0 Å². The van der Waals surface area contributed by atoms with Crippen LogP contribution in [0.5, 0.6) is 5.75 Å². The molecule has 10 heavy (non-hydrogen) atoms. The molecule has 0 N–H and O–H groups in total. The van der Waals surface area contributed by atoms with Crippen molar-refractivity contribution in [3.05, 3.63) is 30.3 Å². The van der Waals surface area contributed by atoms with Gasteiger partial charge >= 0.3 is 0 Å². The van der Waals surface area contributed by atoms with Gasteiger partial charge in [0.1, 0.15) is 5.75 Å². The predicted octanol–water partition coefficient (Wildman–Crippen LogP) is 2.08. The molecule has 1 nitrogen and oxygen atoms in total. The van der Waals surface area contributed by atoms with Gasteiger partial charge in [-0.15, -0.1) is 0 Å². The van der Waals surface area contributed by atoms with Gasteiger partial charge in [-0.2, -0.15) is 0 Å². The van der Waals surface area contributed by atoms with Crippen molar-refractivity contribution in [2.24, 2.45) is 0 Å². The molecule has 52 valence electrons. The predicted molar refractivity (Wildman–Crippen MR) is 39.9 cm³/mol. The number of ether oxygens (including phenoxy) is 1. The summed E-state index contributed by atoms with van der Waals surface area (Å²) in [5, 5.41) is 0. The van der Waals surface area contributed by atoms with E-state index in [1.807, 2.05) is 12.1 Å². The third-order valence-electron chi connectivity index (χ3n) is 1.09. The first-order chi connectivity index (χ1) is 4.93. The Labute approximate surface area is 61.6 Å². The minimum Gasteiger partial charge on any atom is -0.493 e. The Morgan fingerprint density at radius 1 is 1.60 bits per heavy atom. The lowest BCUT2D eigenvalue weighted by Gasteiger charge is -2.01. The van der Waals surface area contributed by atoms with Gasteiger partial charge in [0.05, 0.1) is 6.61 Å². The SMILES string of the molecule is CCCOc1[c]c[c]cc1. The Bertz CT molecular complexity index is 169. The van der Waals surface area contributed by atoms with Crippen molar-refractivity contribution in [2.45, 2.75) is 13.3 Å². The van der Waals surface area contributed by atoms with Crippen molar-refractivity contribution >= 4 is 0 Å². The van der Waals surface area contributed by atoms with Crippen LogP contribution in [-0.2, 0) is 0 Å². The number of rotatable bonds is 3. The number of benzene rings is 1. The minimum absolute atomic E-state index is 0.764. The first-order valence-corrected chi connectivity index (χ1v) is 3.44. The highest BCUT2D eigenvalue weighted by Crippen LogP contribution is 2.06. The van der Waals surface area contributed by atoms with Crippen molar-refractivity contribution in [1.29, 1.82) is 0 Å². The Morgan fingerprint density at radius 2 is 2.50 bits per heavy atom. The van der Waals surface area contributed by atoms with Crippen LogP contribution in [0.1, 0.15) is 13.3 Å². The monoisotopic (exact) mass is 134 g/mol. The second kappa shape index (κ2) is 3.94. The molecule has 0 saturated heterocycles. The Balaban J connectivity index is 2.43. The molecule has 0 amide bonds. The molecule has 0 heterocycles. The topological polar surface area (TPSA) is 9.23 Å². The highest BCUT2D eigenvalue weighted by molar-refractivity contribution is 5.18. The molecule has 1 aromatic carbocycles. The molecular formula is C9H10O. The van der Waals surface area contributed by atoms with E-state index in [-0.39, 0.29) is 0 Å². The fourth-order valence-electron chi connectivity index (χ4n) is 0.635. The molecule has 0 aliphatic heterocycles. The summed E-state index contributed by atoms with van der Waals surface area (Å²) in [5.74, 6) is 0.806. The average molecular weight is 134 g/mol. The maximum absolute atomic E-state index is 5.28. The highest BCUT2D eigenvalue weighted by atomic mass is 16.5. The summed E-state index contributed by atoms with van der Waals surface area (Å²) in [6.07, 6.45) is 1.03. The highest BCUT2D eigenvalue weighted by Gasteiger charge is 1.87. The molecule has 2 radical (unpaired) electrons. The standard InChI is InChI=1S/C9H10O/c1-2-8-10-9-6-4-3-5-7-9/h4-6H,2,8H2,1H3. The van der Waals surface area contributed by atoms with Gasteiger partial charge in [-0.05, 0) is 24.6 Å². The van der Waals surface area contributed by atoms with Gasteiger partial charge in [-0.1, -0.05) is 13.0 Å². The van der Waals surface area contributed by atoms with E-state index in [2.05, 4.69) is 19.1 Å². The molecular weight excluding hydrogens is 124 g/mol. The maximum Gasteiger partial charge on any atom is 0.127 e. The molecule has 0 spiro atoms. The summed E-state index contributed by atoms with van der Waals surface area (Å²) in [6.45, 7) is 2.84. The second-order valence-electron chi connectivity index (χ2n) is 2.00. The van der Waals surface area contributed by atoms with E-state index >= 15 is 0 Å². The lowest BCUT2D eigenvalue weighted by atomic mass is 10.3. The Kier molecular flexibility index (Phi) is 2.81. The van der Waals surface area contributed by atoms with Crippen LogP contribution >= 0.6 is 0 Å². The third-order valence-corrected chi connectivity index (χ3v) is 1.09. The van der Waals surface area contributed by atoms with Crippen molar-refractivity contribution < 1.29 is 4.74 Å². The summed E-state index contributed by atoms with van der Waals surface area (Å²) in [6, 6.07) is 11.2. The van der Waals surface area contributed by atoms with E-state index in [0.717, 1.165) is 18.8 Å². The molecule has 0 fully saturated rings. The number of hydrogen-bond acceptors (Lipinski definition) is 1. The Hall–Kier alpha value is -0.980. The van der Waals surface area contributed by atoms with Crippen LogP contribution in [0.15, 0.2) is 18.2 Å². The van der Waals surface area contributed by atoms with Crippen LogP contribution in [0.2, 0.25) is 0 Å². The van der Waals surface area contributed by atoms with Gasteiger partial charge < -0.3 is 4.74 Å². The molecule has 0 unspecified atom stereocenters.